The Morgan fingerprint density at radius 2 is 1.68 bits per heavy atom. The van der Waals surface area contributed by atoms with Gasteiger partial charge in [-0.1, -0.05) is 47.5 Å². The van der Waals surface area contributed by atoms with Crippen molar-refractivity contribution in [2.45, 2.75) is 25.9 Å². The van der Waals surface area contributed by atoms with Crippen molar-refractivity contribution in [3.63, 3.8) is 0 Å². The SMILES string of the molecule is C=C(C)C(/C=C/C)(C(=O)Nc1cc(Cl)nc(Cl)c1)C(F)(F)C(F)(F)F. The Hall–Kier alpha value is -1.67. The molecule has 0 bridgehead atoms. The predicted octanol–water partition coefficient (Wildman–Crippen LogP) is 5.66. The number of nitrogens with one attached hydrogen (secondary N) is 1. The lowest BCUT2D eigenvalue weighted by Gasteiger charge is -2.38. The van der Waals surface area contributed by atoms with Crippen LogP contribution < -0.4 is 5.32 Å². The number of aromatic nitrogens is 1. The molecule has 0 radical (unpaired) electrons. The van der Waals surface area contributed by atoms with Gasteiger partial charge in [0.05, 0.1) is 0 Å². The minimum atomic E-state index is -5.99. The Balaban J connectivity index is 3.52. The number of halogens is 7. The topological polar surface area (TPSA) is 42.0 Å². The lowest BCUT2D eigenvalue weighted by Crippen LogP contribution is -2.57. The zero-order valence-corrected chi connectivity index (χ0v) is 14.5. The number of carbonyl (C=O) groups is 1. The summed E-state index contributed by atoms with van der Waals surface area (Å²) in [6.07, 6.45) is -4.61. The quantitative estimate of drug-likeness (QED) is 0.392. The van der Waals surface area contributed by atoms with Crippen LogP contribution in [0.15, 0.2) is 36.4 Å². The highest BCUT2D eigenvalue weighted by atomic mass is 35.5. The van der Waals surface area contributed by atoms with Crippen LogP contribution >= 0.6 is 23.2 Å². The monoisotopic (exact) mass is 402 g/mol. The van der Waals surface area contributed by atoms with Crippen LogP contribution in [0.1, 0.15) is 13.8 Å². The summed E-state index contributed by atoms with van der Waals surface area (Å²) in [5.41, 5.74) is -4.25. The Morgan fingerprint density at radius 3 is 2.04 bits per heavy atom. The highest BCUT2D eigenvalue weighted by molar-refractivity contribution is 6.33. The van der Waals surface area contributed by atoms with E-state index in [2.05, 4.69) is 11.6 Å². The molecule has 3 nitrogen and oxygen atoms in total. The average Bonchev–Trinajstić information content (AvgIpc) is 2.41. The standard InChI is InChI=1S/C15H13Cl2F5N2O/c1-4-5-13(8(2)3,14(18,19)15(20,21)22)12(25)23-9-6-10(16)24-11(17)7-9/h4-7H,2H2,1,3H3,(H,23,24,25)/b5-4+. The van der Waals surface area contributed by atoms with E-state index in [0.717, 1.165) is 25.1 Å². The van der Waals surface area contributed by atoms with E-state index < -0.39 is 29.0 Å². The number of anilines is 1. The van der Waals surface area contributed by atoms with Crippen LogP contribution in [0.25, 0.3) is 0 Å². The van der Waals surface area contributed by atoms with Gasteiger partial charge in [0.25, 0.3) is 0 Å². The molecule has 1 heterocycles. The Labute approximate surface area is 150 Å². The van der Waals surface area contributed by atoms with E-state index in [9.17, 15) is 26.7 Å². The zero-order valence-electron chi connectivity index (χ0n) is 13.0. The minimum Gasteiger partial charge on any atom is -0.325 e. The lowest BCUT2D eigenvalue weighted by molar-refractivity contribution is -0.306. The molecule has 1 N–H and O–H groups in total. The molecule has 0 aliphatic rings. The molecule has 0 saturated carbocycles. The predicted molar refractivity (Wildman–Crippen MR) is 85.9 cm³/mol. The number of carbonyl (C=O) groups excluding carboxylic acids is 1. The fraction of sp³-hybridized carbons (Fsp3) is 0.333. The molecule has 138 valence electrons. The molecule has 10 heteroatoms. The number of amides is 1. The Kier molecular flexibility index (Phi) is 6.23. The summed E-state index contributed by atoms with van der Waals surface area (Å²) in [5, 5.41) is 1.60. The summed E-state index contributed by atoms with van der Waals surface area (Å²) in [7, 11) is 0. The van der Waals surface area contributed by atoms with Crippen LogP contribution in [0.2, 0.25) is 10.3 Å². The molecular weight excluding hydrogens is 390 g/mol. The van der Waals surface area contributed by atoms with Gasteiger partial charge in [-0.15, -0.1) is 0 Å². The molecule has 1 aromatic rings. The van der Waals surface area contributed by atoms with E-state index in [-0.39, 0.29) is 16.0 Å². The molecule has 0 saturated heterocycles. The van der Waals surface area contributed by atoms with Crippen LogP contribution in [0.5, 0.6) is 0 Å². The number of hydrogen-bond acceptors (Lipinski definition) is 2. The van der Waals surface area contributed by atoms with E-state index >= 15 is 0 Å². The van der Waals surface area contributed by atoms with Crippen molar-refractivity contribution in [2.75, 3.05) is 5.32 Å². The number of rotatable bonds is 5. The second-order valence-electron chi connectivity index (χ2n) is 5.12. The third-order valence-electron chi connectivity index (χ3n) is 3.32. The second kappa shape index (κ2) is 7.29. The van der Waals surface area contributed by atoms with Crippen molar-refractivity contribution >= 4 is 34.8 Å². The van der Waals surface area contributed by atoms with E-state index in [1.807, 2.05) is 5.32 Å². The van der Waals surface area contributed by atoms with Crippen molar-refractivity contribution in [3.8, 4) is 0 Å². The first-order valence-electron chi connectivity index (χ1n) is 6.68. The number of pyridine rings is 1. The molecule has 0 aliphatic heterocycles. The summed E-state index contributed by atoms with van der Waals surface area (Å²) >= 11 is 11.3. The largest absolute Gasteiger partial charge is 0.455 e. The van der Waals surface area contributed by atoms with Crippen LogP contribution in [0, 0.1) is 5.41 Å². The van der Waals surface area contributed by atoms with Crippen LogP contribution in [0.3, 0.4) is 0 Å². The highest BCUT2D eigenvalue weighted by Crippen LogP contribution is 2.53. The van der Waals surface area contributed by atoms with Crippen LogP contribution in [0.4, 0.5) is 27.6 Å². The number of hydrogen-bond donors (Lipinski definition) is 1. The van der Waals surface area contributed by atoms with Gasteiger partial charge < -0.3 is 5.32 Å². The van der Waals surface area contributed by atoms with Gasteiger partial charge in [0.2, 0.25) is 5.91 Å². The van der Waals surface area contributed by atoms with Crippen molar-refractivity contribution in [1.29, 1.82) is 0 Å². The van der Waals surface area contributed by atoms with Gasteiger partial charge in [-0.3, -0.25) is 4.79 Å². The third kappa shape index (κ3) is 3.95. The Morgan fingerprint density at radius 1 is 1.20 bits per heavy atom. The van der Waals surface area contributed by atoms with Crippen molar-refractivity contribution in [3.05, 3.63) is 46.7 Å². The zero-order chi connectivity index (χ0) is 19.6. The van der Waals surface area contributed by atoms with Crippen LogP contribution in [-0.4, -0.2) is 23.0 Å². The first-order chi connectivity index (χ1) is 11.3. The van der Waals surface area contributed by atoms with Gasteiger partial charge in [0, 0.05) is 5.69 Å². The second-order valence-corrected chi connectivity index (χ2v) is 5.89. The van der Waals surface area contributed by atoms with E-state index in [0.29, 0.717) is 6.08 Å². The van der Waals surface area contributed by atoms with Gasteiger partial charge in [-0.05, 0) is 26.0 Å². The number of allylic oxidation sites excluding steroid dienone is 1. The molecule has 0 spiro atoms. The molecule has 0 aromatic carbocycles. The normalized spacial score (nSPS) is 15.1. The molecule has 1 unspecified atom stereocenters. The van der Waals surface area contributed by atoms with Crippen molar-refractivity contribution < 1.29 is 26.7 Å². The maximum absolute atomic E-state index is 14.2. The molecule has 1 aromatic heterocycles. The van der Waals surface area contributed by atoms with Crippen LogP contribution in [-0.2, 0) is 4.79 Å². The Bertz CT molecular complexity index is 698. The number of nitrogens with zero attached hydrogens (tertiary/aromatic N) is 1. The summed E-state index contributed by atoms with van der Waals surface area (Å²) in [6.45, 7) is 5.28. The lowest BCUT2D eigenvalue weighted by atomic mass is 9.73. The highest BCUT2D eigenvalue weighted by Gasteiger charge is 2.72. The van der Waals surface area contributed by atoms with E-state index in [1.165, 1.54) is 6.92 Å². The molecule has 1 rings (SSSR count). The summed E-state index contributed by atoms with van der Waals surface area (Å²) in [4.78, 5) is 16.1. The van der Waals surface area contributed by atoms with Crippen molar-refractivity contribution in [2.24, 2.45) is 5.41 Å². The number of alkyl halides is 5. The maximum Gasteiger partial charge on any atom is 0.455 e. The van der Waals surface area contributed by atoms with Gasteiger partial charge in [-0.2, -0.15) is 22.0 Å². The van der Waals surface area contributed by atoms with Gasteiger partial charge in [0.1, 0.15) is 10.3 Å². The summed E-state index contributed by atoms with van der Waals surface area (Å²) in [6, 6.07) is 2.10. The molecule has 25 heavy (non-hydrogen) atoms. The summed E-state index contributed by atoms with van der Waals surface area (Å²) in [5.74, 6) is -7.05. The van der Waals surface area contributed by atoms with Gasteiger partial charge >= 0.3 is 12.1 Å². The summed E-state index contributed by atoms with van der Waals surface area (Å²) < 4.78 is 67.4. The minimum absolute atomic E-state index is 0.183. The maximum atomic E-state index is 14.2. The molecular formula is C15H13Cl2F5N2O. The van der Waals surface area contributed by atoms with Gasteiger partial charge in [0.15, 0.2) is 5.41 Å². The van der Waals surface area contributed by atoms with E-state index in [4.69, 9.17) is 23.2 Å². The fourth-order valence-corrected chi connectivity index (χ4v) is 2.63. The molecule has 0 fully saturated rings. The van der Waals surface area contributed by atoms with Crippen molar-refractivity contribution in [1.82, 2.24) is 4.98 Å². The fourth-order valence-electron chi connectivity index (χ4n) is 2.17. The molecule has 1 atom stereocenters. The first kappa shape index (κ1) is 21.4. The van der Waals surface area contributed by atoms with Gasteiger partial charge in [-0.25, -0.2) is 4.98 Å². The molecule has 1 amide bonds. The molecule has 0 aliphatic carbocycles. The smallest absolute Gasteiger partial charge is 0.325 e. The third-order valence-corrected chi connectivity index (χ3v) is 3.71. The average molecular weight is 403 g/mol. The van der Waals surface area contributed by atoms with E-state index in [1.54, 1.807) is 0 Å². The first-order valence-corrected chi connectivity index (χ1v) is 7.44.